The van der Waals surface area contributed by atoms with Crippen LogP contribution in [0.5, 0.6) is 0 Å². The molecule has 0 atom stereocenters. The summed E-state index contributed by atoms with van der Waals surface area (Å²) in [6.45, 7) is 6.53. The van der Waals surface area contributed by atoms with Crippen molar-refractivity contribution in [1.82, 2.24) is 25.2 Å². The molecule has 2 aromatic heterocycles. The molecule has 3 aromatic rings. The zero-order chi connectivity index (χ0) is 18.1. The Labute approximate surface area is 154 Å². The third-order valence-corrected chi connectivity index (χ3v) is 5.27. The highest BCUT2D eigenvalue weighted by Crippen LogP contribution is 2.28. The van der Waals surface area contributed by atoms with Gasteiger partial charge in [0.25, 0.3) is 0 Å². The highest BCUT2D eigenvalue weighted by Gasteiger charge is 2.22. The molecule has 0 amide bonds. The van der Waals surface area contributed by atoms with E-state index >= 15 is 0 Å². The Kier molecular flexibility index (Phi) is 4.76. The van der Waals surface area contributed by atoms with Crippen molar-refractivity contribution in [1.29, 1.82) is 0 Å². The fraction of sp³-hybridized carbons (Fsp3) is 0.550. The molecule has 0 aliphatic carbocycles. The van der Waals surface area contributed by atoms with Gasteiger partial charge in [-0.05, 0) is 50.8 Å². The predicted molar refractivity (Wildman–Crippen MR) is 102 cm³/mol. The smallest absolute Gasteiger partial charge is 0.230 e. The van der Waals surface area contributed by atoms with Gasteiger partial charge in [0.1, 0.15) is 0 Å². The quantitative estimate of drug-likeness (QED) is 0.758. The van der Waals surface area contributed by atoms with Crippen LogP contribution >= 0.6 is 0 Å². The predicted octanol–water partition coefficient (Wildman–Crippen LogP) is 3.68. The first-order valence-electron chi connectivity index (χ1n) is 9.62. The molecule has 1 aromatic carbocycles. The summed E-state index contributed by atoms with van der Waals surface area (Å²) in [4.78, 5) is 4.67. The number of piperidine rings is 1. The van der Waals surface area contributed by atoms with Gasteiger partial charge in [-0.1, -0.05) is 31.1 Å². The summed E-state index contributed by atoms with van der Waals surface area (Å²) in [7, 11) is 2.00. The highest BCUT2D eigenvalue weighted by atomic mass is 16.5. The fourth-order valence-electron chi connectivity index (χ4n) is 3.67. The molecule has 6 nitrogen and oxygen atoms in total. The molecule has 26 heavy (non-hydrogen) atoms. The van der Waals surface area contributed by atoms with Crippen LogP contribution < -0.4 is 5.32 Å². The summed E-state index contributed by atoms with van der Waals surface area (Å²) in [5.74, 6) is 2.49. The Morgan fingerprint density at radius 2 is 2.08 bits per heavy atom. The number of aryl methyl sites for hydroxylation is 2. The maximum absolute atomic E-state index is 5.56. The van der Waals surface area contributed by atoms with E-state index < -0.39 is 0 Å². The van der Waals surface area contributed by atoms with Crippen molar-refractivity contribution < 1.29 is 4.52 Å². The van der Waals surface area contributed by atoms with Crippen LogP contribution in [0.25, 0.3) is 22.3 Å². The van der Waals surface area contributed by atoms with Crippen LogP contribution in [0.3, 0.4) is 0 Å². The number of hydrogen-bond donors (Lipinski definition) is 1. The molecule has 1 aliphatic heterocycles. The van der Waals surface area contributed by atoms with Crippen molar-refractivity contribution in [3.8, 4) is 11.4 Å². The van der Waals surface area contributed by atoms with Gasteiger partial charge in [0.2, 0.25) is 11.7 Å². The van der Waals surface area contributed by atoms with Crippen molar-refractivity contribution in [3.63, 3.8) is 0 Å². The molecule has 0 saturated carbocycles. The summed E-state index contributed by atoms with van der Waals surface area (Å²) < 4.78 is 7.52. The summed E-state index contributed by atoms with van der Waals surface area (Å²) in [5, 5.41) is 13.5. The lowest BCUT2D eigenvalue weighted by atomic mass is 9.98. The third kappa shape index (κ3) is 3.38. The van der Waals surface area contributed by atoms with E-state index in [0.717, 1.165) is 55.7 Å². The zero-order valence-electron chi connectivity index (χ0n) is 15.8. The molecule has 1 saturated heterocycles. The number of rotatable bonds is 5. The van der Waals surface area contributed by atoms with Gasteiger partial charge in [-0.15, -0.1) is 0 Å². The van der Waals surface area contributed by atoms with E-state index in [-0.39, 0.29) is 0 Å². The minimum absolute atomic E-state index is 0.376. The molecule has 4 rings (SSSR count). The second-order valence-electron chi connectivity index (χ2n) is 7.72. The van der Waals surface area contributed by atoms with E-state index in [4.69, 9.17) is 9.62 Å². The van der Waals surface area contributed by atoms with Crippen molar-refractivity contribution in [2.75, 3.05) is 13.1 Å². The standard InChI is InChI=1S/C20H27N5O/c1-13(2)4-7-17-16-6-5-15(12-18(16)25(3)23-17)19-22-20(26-24-19)14-8-10-21-11-9-14/h5-6,12-14,21H,4,7-11H2,1-3H3. The van der Waals surface area contributed by atoms with Crippen molar-refractivity contribution >= 4 is 10.9 Å². The lowest BCUT2D eigenvalue weighted by molar-refractivity contribution is 0.320. The molecule has 3 heterocycles. The molecular weight excluding hydrogens is 326 g/mol. The lowest BCUT2D eigenvalue weighted by Gasteiger charge is -2.18. The Bertz CT molecular complexity index is 889. The molecule has 6 heteroatoms. The van der Waals surface area contributed by atoms with Gasteiger partial charge in [-0.2, -0.15) is 10.1 Å². The van der Waals surface area contributed by atoms with E-state index in [1.807, 2.05) is 11.7 Å². The molecule has 1 N–H and O–H groups in total. The zero-order valence-corrected chi connectivity index (χ0v) is 15.8. The van der Waals surface area contributed by atoms with Gasteiger partial charge in [0.05, 0.1) is 11.2 Å². The molecule has 0 spiro atoms. The minimum atomic E-state index is 0.376. The van der Waals surface area contributed by atoms with Crippen LogP contribution in [0.4, 0.5) is 0 Å². The summed E-state index contributed by atoms with van der Waals surface area (Å²) in [6.07, 6.45) is 4.28. The SMILES string of the molecule is CC(C)CCc1nn(C)c2cc(-c3noc(C4CCNCC4)n3)ccc12. The van der Waals surface area contributed by atoms with Gasteiger partial charge in [-0.25, -0.2) is 0 Å². The van der Waals surface area contributed by atoms with Gasteiger partial charge in [0, 0.05) is 23.9 Å². The van der Waals surface area contributed by atoms with E-state index in [1.165, 1.54) is 11.1 Å². The number of aromatic nitrogens is 4. The largest absolute Gasteiger partial charge is 0.339 e. The Hall–Kier alpha value is -2.21. The van der Waals surface area contributed by atoms with E-state index in [0.29, 0.717) is 17.7 Å². The van der Waals surface area contributed by atoms with Gasteiger partial charge in [-0.3, -0.25) is 4.68 Å². The van der Waals surface area contributed by atoms with E-state index in [1.54, 1.807) is 0 Å². The number of nitrogens with one attached hydrogen (secondary N) is 1. The number of hydrogen-bond acceptors (Lipinski definition) is 5. The average molecular weight is 353 g/mol. The van der Waals surface area contributed by atoms with Crippen molar-refractivity contribution in [2.24, 2.45) is 13.0 Å². The summed E-state index contributed by atoms with van der Waals surface area (Å²) in [5.41, 5.74) is 3.28. The second kappa shape index (κ2) is 7.19. The molecule has 0 radical (unpaired) electrons. The van der Waals surface area contributed by atoms with E-state index in [9.17, 15) is 0 Å². The van der Waals surface area contributed by atoms with Crippen LogP contribution in [0.1, 0.15) is 50.6 Å². The van der Waals surface area contributed by atoms with Gasteiger partial charge < -0.3 is 9.84 Å². The summed E-state index contributed by atoms with van der Waals surface area (Å²) in [6, 6.07) is 6.35. The van der Waals surface area contributed by atoms with Gasteiger partial charge >= 0.3 is 0 Å². The molecular formula is C20H27N5O. The molecule has 0 bridgehead atoms. The van der Waals surface area contributed by atoms with Crippen molar-refractivity contribution in [2.45, 2.75) is 45.4 Å². The highest BCUT2D eigenvalue weighted by molar-refractivity contribution is 5.85. The van der Waals surface area contributed by atoms with E-state index in [2.05, 4.69) is 47.5 Å². The average Bonchev–Trinajstić information content (AvgIpc) is 3.26. The summed E-state index contributed by atoms with van der Waals surface area (Å²) >= 11 is 0. The first-order chi connectivity index (χ1) is 12.6. The van der Waals surface area contributed by atoms with Crippen LogP contribution in [-0.4, -0.2) is 33.0 Å². The topological polar surface area (TPSA) is 68.8 Å². The van der Waals surface area contributed by atoms with Crippen molar-refractivity contribution in [3.05, 3.63) is 29.8 Å². The maximum Gasteiger partial charge on any atom is 0.230 e. The number of benzene rings is 1. The number of fused-ring (bicyclic) bond motifs is 1. The fourth-order valence-corrected chi connectivity index (χ4v) is 3.67. The Balaban J connectivity index is 1.61. The second-order valence-corrected chi connectivity index (χ2v) is 7.72. The molecule has 1 aliphatic rings. The van der Waals surface area contributed by atoms with Crippen LogP contribution in [0, 0.1) is 5.92 Å². The molecule has 0 unspecified atom stereocenters. The van der Waals surface area contributed by atoms with Crippen LogP contribution in [0.2, 0.25) is 0 Å². The number of nitrogens with zero attached hydrogens (tertiary/aromatic N) is 4. The Morgan fingerprint density at radius 3 is 2.85 bits per heavy atom. The van der Waals surface area contributed by atoms with Crippen LogP contribution in [0.15, 0.2) is 22.7 Å². The third-order valence-electron chi connectivity index (χ3n) is 5.27. The first kappa shape index (κ1) is 17.2. The minimum Gasteiger partial charge on any atom is -0.339 e. The monoisotopic (exact) mass is 353 g/mol. The lowest BCUT2D eigenvalue weighted by Crippen LogP contribution is -2.26. The molecule has 1 fully saturated rings. The Morgan fingerprint density at radius 1 is 1.27 bits per heavy atom. The molecule has 138 valence electrons. The van der Waals surface area contributed by atoms with Gasteiger partial charge in [0.15, 0.2) is 0 Å². The van der Waals surface area contributed by atoms with Crippen LogP contribution in [-0.2, 0) is 13.5 Å². The maximum atomic E-state index is 5.56. The first-order valence-corrected chi connectivity index (χ1v) is 9.62. The normalized spacial score (nSPS) is 16.0.